The van der Waals surface area contributed by atoms with E-state index in [0.717, 1.165) is 21.7 Å². The molecule has 5 aromatic rings. The van der Waals surface area contributed by atoms with Crippen molar-refractivity contribution in [2.24, 2.45) is 0 Å². The second-order valence-electron chi connectivity index (χ2n) is 8.28. The van der Waals surface area contributed by atoms with Crippen molar-refractivity contribution in [2.75, 3.05) is 18.9 Å². The SMILES string of the molecule is COc1cc2nccc(Oc3ccc4ccc(NS(=O)(=O)c5cccc(C)c5)cc4c3)c2cc1OC. The lowest BCUT2D eigenvalue weighted by Gasteiger charge is -2.13. The molecule has 0 atom stereocenters. The van der Waals surface area contributed by atoms with Crippen LogP contribution in [0, 0.1) is 6.92 Å². The number of nitrogens with zero attached hydrogens (tertiary/aromatic N) is 1. The Morgan fingerprint density at radius 1 is 0.778 bits per heavy atom. The van der Waals surface area contributed by atoms with Crippen LogP contribution in [0.4, 0.5) is 5.69 Å². The smallest absolute Gasteiger partial charge is 0.261 e. The minimum atomic E-state index is -3.71. The molecular weight excluding hydrogens is 476 g/mol. The highest BCUT2D eigenvalue weighted by atomic mass is 32.2. The van der Waals surface area contributed by atoms with Crippen LogP contribution in [0.15, 0.2) is 90.0 Å². The van der Waals surface area contributed by atoms with Gasteiger partial charge in [0.25, 0.3) is 10.0 Å². The third kappa shape index (κ3) is 4.63. The number of methoxy groups -OCH3 is 2. The number of hydrogen-bond acceptors (Lipinski definition) is 6. The summed E-state index contributed by atoms with van der Waals surface area (Å²) in [5.74, 6) is 2.37. The molecule has 0 unspecified atom stereocenters. The molecule has 182 valence electrons. The maximum Gasteiger partial charge on any atom is 0.261 e. The molecule has 4 aromatic carbocycles. The van der Waals surface area contributed by atoms with E-state index in [2.05, 4.69) is 9.71 Å². The highest BCUT2D eigenvalue weighted by molar-refractivity contribution is 7.92. The van der Waals surface area contributed by atoms with Crippen LogP contribution >= 0.6 is 0 Å². The number of hydrogen-bond donors (Lipinski definition) is 1. The summed E-state index contributed by atoms with van der Waals surface area (Å²) >= 11 is 0. The van der Waals surface area contributed by atoms with Gasteiger partial charge in [-0.3, -0.25) is 9.71 Å². The van der Waals surface area contributed by atoms with Crippen molar-refractivity contribution in [3.05, 3.63) is 90.6 Å². The molecule has 0 saturated heterocycles. The Morgan fingerprint density at radius 2 is 1.56 bits per heavy atom. The van der Waals surface area contributed by atoms with Crippen LogP contribution in [0.2, 0.25) is 0 Å². The van der Waals surface area contributed by atoms with Crippen molar-refractivity contribution in [1.29, 1.82) is 0 Å². The van der Waals surface area contributed by atoms with Gasteiger partial charge in [0.05, 0.1) is 24.6 Å². The minimum absolute atomic E-state index is 0.219. The molecule has 0 aliphatic carbocycles. The molecule has 0 fully saturated rings. The first-order chi connectivity index (χ1) is 17.4. The lowest BCUT2D eigenvalue weighted by Crippen LogP contribution is -2.12. The Bertz CT molecular complexity index is 1700. The predicted molar refractivity (Wildman–Crippen MR) is 141 cm³/mol. The van der Waals surface area contributed by atoms with Crippen LogP contribution in [0.5, 0.6) is 23.0 Å². The Balaban J connectivity index is 1.47. The molecule has 5 rings (SSSR count). The number of benzene rings is 4. The van der Waals surface area contributed by atoms with Gasteiger partial charge in [-0.1, -0.05) is 24.3 Å². The molecule has 1 N–H and O–H groups in total. The maximum atomic E-state index is 12.9. The van der Waals surface area contributed by atoms with Crippen LogP contribution < -0.4 is 18.9 Å². The van der Waals surface area contributed by atoms with E-state index in [0.29, 0.717) is 34.2 Å². The number of rotatable bonds is 7. The van der Waals surface area contributed by atoms with Crippen LogP contribution in [0.1, 0.15) is 5.56 Å². The second kappa shape index (κ2) is 9.39. The first-order valence-corrected chi connectivity index (χ1v) is 12.7. The van der Waals surface area contributed by atoms with E-state index >= 15 is 0 Å². The van der Waals surface area contributed by atoms with E-state index in [1.165, 1.54) is 0 Å². The van der Waals surface area contributed by atoms with Gasteiger partial charge in [0.2, 0.25) is 0 Å². The molecule has 0 radical (unpaired) electrons. The number of nitrogens with one attached hydrogen (secondary N) is 1. The summed E-state index contributed by atoms with van der Waals surface area (Å²) in [6.07, 6.45) is 1.67. The van der Waals surface area contributed by atoms with Gasteiger partial charge in [-0.25, -0.2) is 8.42 Å². The van der Waals surface area contributed by atoms with Gasteiger partial charge in [0.1, 0.15) is 11.5 Å². The van der Waals surface area contributed by atoms with Gasteiger partial charge in [0, 0.05) is 23.3 Å². The largest absolute Gasteiger partial charge is 0.493 e. The molecule has 8 heteroatoms. The van der Waals surface area contributed by atoms with Gasteiger partial charge in [-0.2, -0.15) is 0 Å². The van der Waals surface area contributed by atoms with Gasteiger partial charge in [-0.05, 0) is 71.8 Å². The van der Waals surface area contributed by atoms with E-state index in [1.54, 1.807) is 62.9 Å². The number of pyridine rings is 1. The molecule has 1 aromatic heterocycles. The van der Waals surface area contributed by atoms with Crippen LogP contribution in [-0.4, -0.2) is 27.6 Å². The number of aromatic nitrogens is 1. The molecule has 0 aliphatic heterocycles. The van der Waals surface area contributed by atoms with Crippen molar-refractivity contribution < 1.29 is 22.6 Å². The molecule has 0 aliphatic rings. The molecule has 0 saturated carbocycles. The number of aryl methyl sites for hydroxylation is 1. The first-order valence-electron chi connectivity index (χ1n) is 11.2. The first kappa shape index (κ1) is 23.4. The Kier molecular flexibility index (Phi) is 6.12. The summed E-state index contributed by atoms with van der Waals surface area (Å²) in [6, 6.07) is 23.3. The zero-order chi connectivity index (χ0) is 25.3. The summed E-state index contributed by atoms with van der Waals surface area (Å²) in [4.78, 5) is 4.63. The van der Waals surface area contributed by atoms with E-state index < -0.39 is 10.0 Å². The van der Waals surface area contributed by atoms with Crippen molar-refractivity contribution in [3.63, 3.8) is 0 Å². The van der Waals surface area contributed by atoms with E-state index in [4.69, 9.17) is 14.2 Å². The van der Waals surface area contributed by atoms with E-state index in [1.807, 2.05) is 43.3 Å². The Morgan fingerprint density at radius 3 is 2.33 bits per heavy atom. The van der Waals surface area contributed by atoms with Gasteiger partial charge >= 0.3 is 0 Å². The van der Waals surface area contributed by atoms with Crippen molar-refractivity contribution in [1.82, 2.24) is 4.98 Å². The molecule has 7 nitrogen and oxygen atoms in total. The number of fused-ring (bicyclic) bond motifs is 2. The monoisotopic (exact) mass is 500 g/mol. The summed E-state index contributed by atoms with van der Waals surface area (Å²) in [5, 5.41) is 2.55. The standard InChI is InChI=1S/C28H24N2O5S/c1-18-5-4-6-23(13-18)36(31,32)30-21-9-7-19-8-10-22(15-20(19)14-21)35-26-11-12-29-25-17-28(34-3)27(33-2)16-24(25)26/h4-17,30H,1-3H3. The average molecular weight is 501 g/mol. The lowest BCUT2D eigenvalue weighted by molar-refractivity contribution is 0.355. The second-order valence-corrected chi connectivity index (χ2v) is 9.96. The zero-order valence-corrected chi connectivity index (χ0v) is 20.8. The fourth-order valence-electron chi connectivity index (χ4n) is 4.01. The third-order valence-corrected chi connectivity index (χ3v) is 7.18. The zero-order valence-electron chi connectivity index (χ0n) is 20.0. The molecule has 0 bridgehead atoms. The number of anilines is 1. The fraction of sp³-hybridized carbons (Fsp3) is 0.107. The van der Waals surface area contributed by atoms with Crippen LogP contribution in [0.3, 0.4) is 0 Å². The summed E-state index contributed by atoms with van der Waals surface area (Å²) in [5.41, 5.74) is 2.05. The summed E-state index contributed by atoms with van der Waals surface area (Å²) in [7, 11) is -0.554. The van der Waals surface area contributed by atoms with E-state index in [9.17, 15) is 8.42 Å². The summed E-state index contributed by atoms with van der Waals surface area (Å²) in [6.45, 7) is 1.86. The number of sulfonamides is 1. The normalized spacial score (nSPS) is 11.4. The van der Waals surface area contributed by atoms with Crippen molar-refractivity contribution in [3.8, 4) is 23.0 Å². The predicted octanol–water partition coefficient (Wildman–Crippen LogP) is 6.31. The summed E-state index contributed by atoms with van der Waals surface area (Å²) < 4.78 is 45.4. The topological polar surface area (TPSA) is 86.8 Å². The number of ether oxygens (including phenoxy) is 3. The van der Waals surface area contributed by atoms with E-state index in [-0.39, 0.29) is 4.90 Å². The fourth-order valence-corrected chi connectivity index (χ4v) is 5.17. The van der Waals surface area contributed by atoms with Gasteiger partial charge in [0.15, 0.2) is 11.5 Å². The third-order valence-electron chi connectivity index (χ3n) is 5.80. The Labute approximate surface area is 209 Å². The lowest BCUT2D eigenvalue weighted by atomic mass is 10.1. The quantitative estimate of drug-likeness (QED) is 0.282. The highest BCUT2D eigenvalue weighted by Gasteiger charge is 2.15. The molecule has 1 heterocycles. The van der Waals surface area contributed by atoms with Crippen LogP contribution in [-0.2, 0) is 10.0 Å². The maximum absolute atomic E-state index is 12.9. The highest BCUT2D eigenvalue weighted by Crippen LogP contribution is 2.37. The van der Waals surface area contributed by atoms with Crippen molar-refractivity contribution >= 4 is 37.4 Å². The molecule has 0 spiro atoms. The van der Waals surface area contributed by atoms with Gasteiger partial charge in [-0.15, -0.1) is 0 Å². The molecule has 36 heavy (non-hydrogen) atoms. The van der Waals surface area contributed by atoms with Crippen molar-refractivity contribution in [2.45, 2.75) is 11.8 Å². The van der Waals surface area contributed by atoms with Crippen LogP contribution in [0.25, 0.3) is 21.7 Å². The molecule has 0 amide bonds. The average Bonchev–Trinajstić information content (AvgIpc) is 2.87. The van der Waals surface area contributed by atoms with Gasteiger partial charge < -0.3 is 14.2 Å². The minimum Gasteiger partial charge on any atom is -0.493 e. The Hall–Kier alpha value is -4.30. The molecular formula is C28H24N2O5S.